The molecule has 3 unspecified atom stereocenters. The third-order valence-electron chi connectivity index (χ3n) is 4.26. The number of nitrogens with one attached hydrogen (secondary N) is 1. The smallest absolute Gasteiger partial charge is 0.0623 e. The summed E-state index contributed by atoms with van der Waals surface area (Å²) in [5.41, 5.74) is 0. The second-order valence-electron chi connectivity index (χ2n) is 5.70. The van der Waals surface area contributed by atoms with Crippen LogP contribution in [0, 0.1) is 5.92 Å². The lowest BCUT2D eigenvalue weighted by atomic mass is 9.98. The molecular formula is C14H28N2O. The average Bonchev–Trinajstić information content (AvgIpc) is 2.77. The summed E-state index contributed by atoms with van der Waals surface area (Å²) in [5, 5.41) is 3.63. The minimum Gasteiger partial charge on any atom is -0.379 e. The largest absolute Gasteiger partial charge is 0.379 e. The van der Waals surface area contributed by atoms with Gasteiger partial charge in [-0.2, -0.15) is 0 Å². The molecule has 0 aromatic heterocycles. The van der Waals surface area contributed by atoms with Crippen molar-refractivity contribution in [2.24, 2.45) is 5.92 Å². The highest BCUT2D eigenvalue weighted by atomic mass is 16.5. The van der Waals surface area contributed by atoms with Gasteiger partial charge in [-0.1, -0.05) is 13.3 Å². The molecule has 0 aromatic rings. The predicted molar refractivity (Wildman–Crippen MR) is 71.3 cm³/mol. The molecule has 0 radical (unpaired) electrons. The van der Waals surface area contributed by atoms with Crippen LogP contribution in [0.3, 0.4) is 0 Å². The van der Waals surface area contributed by atoms with E-state index in [-0.39, 0.29) is 0 Å². The van der Waals surface area contributed by atoms with Gasteiger partial charge in [0.25, 0.3) is 0 Å². The molecule has 3 heteroatoms. The Labute approximate surface area is 106 Å². The maximum atomic E-state index is 5.65. The lowest BCUT2D eigenvalue weighted by Crippen LogP contribution is -2.46. The lowest BCUT2D eigenvalue weighted by molar-refractivity contribution is 0.121. The summed E-state index contributed by atoms with van der Waals surface area (Å²) in [5.74, 6) is 0.696. The molecule has 3 nitrogen and oxygen atoms in total. The van der Waals surface area contributed by atoms with E-state index in [1.807, 2.05) is 0 Å². The molecular weight excluding hydrogens is 212 g/mol. The minimum absolute atomic E-state index is 0.587. The van der Waals surface area contributed by atoms with Gasteiger partial charge in [0, 0.05) is 24.5 Å². The third kappa shape index (κ3) is 3.67. The summed E-state index contributed by atoms with van der Waals surface area (Å²) in [6.07, 6.45) is 5.38. The van der Waals surface area contributed by atoms with Crippen LogP contribution in [-0.2, 0) is 4.74 Å². The number of likely N-dealkylation sites (tertiary alicyclic amines) is 1. The van der Waals surface area contributed by atoms with Gasteiger partial charge < -0.3 is 15.0 Å². The maximum Gasteiger partial charge on any atom is 0.0623 e. The Morgan fingerprint density at radius 3 is 2.94 bits per heavy atom. The fraction of sp³-hybridized carbons (Fsp3) is 1.00. The molecule has 2 fully saturated rings. The van der Waals surface area contributed by atoms with Crippen molar-refractivity contribution in [3.8, 4) is 0 Å². The van der Waals surface area contributed by atoms with Crippen molar-refractivity contribution in [1.29, 1.82) is 0 Å². The molecule has 2 aliphatic heterocycles. The van der Waals surface area contributed by atoms with Crippen molar-refractivity contribution in [2.45, 2.75) is 51.6 Å². The molecule has 0 saturated carbocycles. The van der Waals surface area contributed by atoms with E-state index in [0.717, 1.165) is 25.8 Å². The summed E-state index contributed by atoms with van der Waals surface area (Å²) in [7, 11) is 0. The Morgan fingerprint density at radius 1 is 1.29 bits per heavy atom. The van der Waals surface area contributed by atoms with Gasteiger partial charge in [-0.15, -0.1) is 0 Å². The van der Waals surface area contributed by atoms with Gasteiger partial charge in [0.15, 0.2) is 0 Å². The van der Waals surface area contributed by atoms with E-state index in [0.29, 0.717) is 12.0 Å². The molecule has 2 saturated heterocycles. The van der Waals surface area contributed by atoms with E-state index in [9.17, 15) is 0 Å². The molecule has 0 spiro atoms. The lowest BCUT2D eigenvalue weighted by Gasteiger charge is -2.36. The Morgan fingerprint density at radius 2 is 2.18 bits per heavy atom. The van der Waals surface area contributed by atoms with E-state index in [2.05, 4.69) is 24.1 Å². The van der Waals surface area contributed by atoms with Gasteiger partial charge in [0.2, 0.25) is 0 Å². The first-order valence-electron chi connectivity index (χ1n) is 7.36. The zero-order chi connectivity index (χ0) is 12.1. The summed E-state index contributed by atoms with van der Waals surface area (Å²) in [6, 6.07) is 1.36. The summed E-state index contributed by atoms with van der Waals surface area (Å²) in [4.78, 5) is 2.67. The van der Waals surface area contributed by atoms with Crippen LogP contribution < -0.4 is 5.32 Å². The third-order valence-corrected chi connectivity index (χ3v) is 4.26. The number of ether oxygens (including phenoxy) is 1. The SMILES string of the molecule is CCCNC1COCC1CN1CCCCC1C. The molecule has 0 aromatic carbocycles. The fourth-order valence-electron chi connectivity index (χ4n) is 3.06. The van der Waals surface area contributed by atoms with Crippen molar-refractivity contribution in [1.82, 2.24) is 10.2 Å². The fourth-order valence-corrected chi connectivity index (χ4v) is 3.06. The van der Waals surface area contributed by atoms with Crippen LogP contribution in [0.2, 0.25) is 0 Å². The summed E-state index contributed by atoms with van der Waals surface area (Å²) >= 11 is 0. The van der Waals surface area contributed by atoms with E-state index < -0.39 is 0 Å². The molecule has 2 aliphatic rings. The highest BCUT2D eigenvalue weighted by Gasteiger charge is 2.31. The number of rotatable bonds is 5. The van der Waals surface area contributed by atoms with Crippen LogP contribution >= 0.6 is 0 Å². The molecule has 0 amide bonds. The number of piperidine rings is 1. The van der Waals surface area contributed by atoms with Gasteiger partial charge in [-0.3, -0.25) is 0 Å². The van der Waals surface area contributed by atoms with Crippen LogP contribution in [0.4, 0.5) is 0 Å². The van der Waals surface area contributed by atoms with Crippen LogP contribution in [0.1, 0.15) is 39.5 Å². The standard InChI is InChI=1S/C14H28N2O/c1-3-7-15-14-11-17-10-13(14)9-16-8-5-4-6-12(16)2/h12-15H,3-11H2,1-2H3. The van der Waals surface area contributed by atoms with E-state index >= 15 is 0 Å². The minimum atomic E-state index is 0.587. The molecule has 17 heavy (non-hydrogen) atoms. The Balaban J connectivity index is 1.79. The quantitative estimate of drug-likeness (QED) is 0.794. The first-order valence-corrected chi connectivity index (χ1v) is 7.36. The van der Waals surface area contributed by atoms with Gasteiger partial charge in [-0.05, 0) is 39.3 Å². The molecule has 0 bridgehead atoms. The molecule has 3 atom stereocenters. The first kappa shape index (κ1) is 13.3. The number of hydrogen-bond acceptors (Lipinski definition) is 3. The number of hydrogen-bond donors (Lipinski definition) is 1. The summed E-state index contributed by atoms with van der Waals surface area (Å²) in [6.45, 7) is 10.1. The molecule has 2 heterocycles. The van der Waals surface area contributed by atoms with Crippen molar-refractivity contribution < 1.29 is 4.74 Å². The molecule has 100 valence electrons. The Kier molecular flexibility index (Phi) is 5.26. The van der Waals surface area contributed by atoms with Crippen molar-refractivity contribution in [2.75, 3.05) is 32.8 Å². The van der Waals surface area contributed by atoms with Crippen LogP contribution in [0.5, 0.6) is 0 Å². The first-order chi connectivity index (χ1) is 8.31. The van der Waals surface area contributed by atoms with Crippen molar-refractivity contribution >= 4 is 0 Å². The van der Waals surface area contributed by atoms with Crippen LogP contribution in [0.15, 0.2) is 0 Å². The Hall–Kier alpha value is -0.120. The van der Waals surface area contributed by atoms with E-state index in [4.69, 9.17) is 4.74 Å². The van der Waals surface area contributed by atoms with Gasteiger partial charge >= 0.3 is 0 Å². The van der Waals surface area contributed by atoms with Gasteiger partial charge in [0.05, 0.1) is 13.2 Å². The van der Waals surface area contributed by atoms with Crippen LogP contribution in [0.25, 0.3) is 0 Å². The van der Waals surface area contributed by atoms with Crippen LogP contribution in [-0.4, -0.2) is 49.8 Å². The molecule has 1 N–H and O–H groups in total. The average molecular weight is 240 g/mol. The summed E-state index contributed by atoms with van der Waals surface area (Å²) < 4.78 is 5.65. The topological polar surface area (TPSA) is 24.5 Å². The zero-order valence-electron chi connectivity index (χ0n) is 11.5. The molecule has 0 aliphatic carbocycles. The van der Waals surface area contributed by atoms with Crippen molar-refractivity contribution in [3.05, 3.63) is 0 Å². The monoisotopic (exact) mass is 240 g/mol. The van der Waals surface area contributed by atoms with Gasteiger partial charge in [-0.25, -0.2) is 0 Å². The van der Waals surface area contributed by atoms with E-state index in [1.54, 1.807) is 0 Å². The van der Waals surface area contributed by atoms with E-state index in [1.165, 1.54) is 38.8 Å². The second-order valence-corrected chi connectivity index (χ2v) is 5.70. The number of nitrogens with zero attached hydrogens (tertiary/aromatic N) is 1. The normalized spacial score (nSPS) is 35.3. The van der Waals surface area contributed by atoms with Gasteiger partial charge in [0.1, 0.15) is 0 Å². The highest BCUT2D eigenvalue weighted by molar-refractivity contribution is 4.85. The predicted octanol–water partition coefficient (Wildman–Crippen LogP) is 1.88. The zero-order valence-corrected chi connectivity index (χ0v) is 11.5. The van der Waals surface area contributed by atoms with Crippen molar-refractivity contribution in [3.63, 3.8) is 0 Å². The molecule has 2 rings (SSSR count). The second kappa shape index (κ2) is 6.72. The highest BCUT2D eigenvalue weighted by Crippen LogP contribution is 2.21. The maximum absolute atomic E-state index is 5.65. The Bertz CT molecular complexity index is 222.